The Morgan fingerprint density at radius 1 is 0.444 bits per heavy atom. The van der Waals surface area contributed by atoms with E-state index in [0.29, 0.717) is 0 Å². The summed E-state index contributed by atoms with van der Waals surface area (Å²) in [6, 6.07) is 0. The third kappa shape index (κ3) is 506. The smallest absolute Gasteiger partial charge is 0.264 e. The first-order chi connectivity index (χ1) is 6.00. The van der Waals surface area contributed by atoms with E-state index in [0.717, 1.165) is 0 Å². The molecule has 18 heavy (non-hydrogen) atoms. The van der Waals surface area contributed by atoms with Crippen LogP contribution in [-0.4, -0.2) is 52.6 Å². The van der Waals surface area contributed by atoms with Crippen molar-refractivity contribution in [3.8, 4) is 0 Å². The van der Waals surface area contributed by atoms with Crippen LogP contribution in [0.2, 0.25) is 0 Å². The van der Waals surface area contributed by atoms with Gasteiger partial charge < -0.3 is 0 Å². The van der Waals surface area contributed by atoms with Crippen LogP contribution in [0.3, 0.4) is 0 Å². The van der Waals surface area contributed by atoms with Crippen LogP contribution in [-0.2, 0) is 31.2 Å². The summed E-state index contributed by atoms with van der Waals surface area (Å²) in [7, 11) is -14.0. The Bertz CT molecular complexity index is 346. The van der Waals surface area contributed by atoms with E-state index in [4.69, 9.17) is 52.6 Å². The van der Waals surface area contributed by atoms with Crippen molar-refractivity contribution in [1.82, 2.24) is 0 Å². The van der Waals surface area contributed by atoms with Gasteiger partial charge in [0.1, 0.15) is 0 Å². The van der Waals surface area contributed by atoms with Crippen LogP contribution in [0, 0.1) is 123 Å². The van der Waals surface area contributed by atoms with Crippen molar-refractivity contribution >= 4 is 31.2 Å². The van der Waals surface area contributed by atoms with Crippen LogP contribution in [0.4, 0.5) is 0 Å². The van der Waals surface area contributed by atoms with Crippen molar-refractivity contribution in [3.05, 3.63) is 0 Å². The van der Waals surface area contributed by atoms with Gasteiger partial charge in [-0.3, -0.25) is 27.3 Å². The molecule has 0 saturated heterocycles. The van der Waals surface area contributed by atoms with Gasteiger partial charge in [0, 0.05) is 123 Å². The summed E-state index contributed by atoms with van der Waals surface area (Å²) in [6.45, 7) is 0. The Labute approximate surface area is 202 Å². The largest absolute Gasteiger partial charge is 0.394 e. The second-order valence-electron chi connectivity index (χ2n) is 1.34. The summed E-state index contributed by atoms with van der Waals surface area (Å²) in [5.41, 5.74) is 0. The van der Waals surface area contributed by atoms with E-state index in [-0.39, 0.29) is 123 Å². The standard InChI is InChI=1S/Nd.3H2O4S.2Pr/c;3*1-5(2,3)4;;/h;3*(H2,1,2,3,4);;. The molecular formula is H6NdO12Pr2S3. The van der Waals surface area contributed by atoms with Crippen LogP contribution in [0.5, 0.6) is 0 Å². The Balaban J connectivity index is -0.0000000277. The molecule has 0 atom stereocenters. The Morgan fingerprint density at radius 3 is 0.444 bits per heavy atom. The van der Waals surface area contributed by atoms with E-state index < -0.39 is 31.2 Å². The van der Waals surface area contributed by atoms with Gasteiger partial charge in [-0.1, -0.05) is 0 Å². The summed E-state index contributed by atoms with van der Waals surface area (Å²) >= 11 is 0. The maximum atomic E-state index is 8.74. The fraction of sp³-hybridized carbons (Fsp3) is 0. The monoisotopic (exact) mass is 718 g/mol. The zero-order valence-electron chi connectivity index (χ0n) is 8.01. The van der Waals surface area contributed by atoms with Crippen molar-refractivity contribution in [2.24, 2.45) is 0 Å². The molecule has 0 fully saturated rings. The molecular weight excluding hydrogens is 714 g/mol. The zero-order chi connectivity index (χ0) is 13.5. The van der Waals surface area contributed by atoms with Gasteiger partial charge in [0.15, 0.2) is 0 Å². The van der Waals surface area contributed by atoms with Gasteiger partial charge in [-0.25, -0.2) is 0 Å². The molecule has 0 saturated carbocycles. The number of rotatable bonds is 0. The predicted octanol–water partition coefficient (Wildman–Crippen LogP) is -1.96. The second kappa shape index (κ2) is 17.0. The summed E-state index contributed by atoms with van der Waals surface area (Å²) in [5, 5.41) is 0. The Kier molecular flexibility index (Phi) is 35.7. The minimum atomic E-state index is -4.67. The minimum Gasteiger partial charge on any atom is -0.264 e. The SMILES string of the molecule is O=S(=O)(O)O.O=S(=O)(O)O.O=S(=O)(O)O.[Nd].[Pr].[Pr]. The first-order valence-electron chi connectivity index (χ1n) is 2.10. The fourth-order valence-electron chi connectivity index (χ4n) is 0. The average molecular weight is 720 g/mol. The first-order valence-corrected chi connectivity index (χ1v) is 6.29. The summed E-state index contributed by atoms with van der Waals surface area (Å²) in [4.78, 5) is 0. The number of hydrogen-bond acceptors (Lipinski definition) is 6. The van der Waals surface area contributed by atoms with Crippen LogP contribution in [0.15, 0.2) is 0 Å². The maximum Gasteiger partial charge on any atom is 0.394 e. The van der Waals surface area contributed by atoms with Gasteiger partial charge in [0.05, 0.1) is 0 Å². The summed E-state index contributed by atoms with van der Waals surface area (Å²) in [6.07, 6.45) is 0. The molecule has 0 bridgehead atoms. The van der Waals surface area contributed by atoms with E-state index in [1.165, 1.54) is 0 Å². The van der Waals surface area contributed by atoms with E-state index in [1.54, 1.807) is 0 Å². The Hall–Kier alpha value is 3.69. The molecule has 0 aliphatic rings. The van der Waals surface area contributed by atoms with Crippen LogP contribution < -0.4 is 0 Å². The molecule has 2 radical (unpaired) electrons. The summed E-state index contributed by atoms with van der Waals surface area (Å²) < 4.78 is 94.8. The van der Waals surface area contributed by atoms with Gasteiger partial charge in [-0.2, -0.15) is 25.3 Å². The van der Waals surface area contributed by atoms with E-state index in [2.05, 4.69) is 0 Å². The second-order valence-corrected chi connectivity index (χ2v) is 4.03. The zero-order valence-corrected chi connectivity index (χ0v) is 21.1. The Morgan fingerprint density at radius 2 is 0.444 bits per heavy atom. The molecule has 0 amide bonds. The average Bonchev–Trinajstić information content (AvgIpc) is 1.41. The minimum absolute atomic E-state index is 0. The summed E-state index contributed by atoms with van der Waals surface area (Å²) in [5.74, 6) is 0. The van der Waals surface area contributed by atoms with Crippen molar-refractivity contribution in [1.29, 1.82) is 0 Å². The van der Waals surface area contributed by atoms with E-state index >= 15 is 0 Å². The maximum absolute atomic E-state index is 8.74. The van der Waals surface area contributed by atoms with Crippen molar-refractivity contribution < 1.29 is 176 Å². The van der Waals surface area contributed by atoms with Crippen molar-refractivity contribution in [2.75, 3.05) is 0 Å². The van der Waals surface area contributed by atoms with E-state index in [1.807, 2.05) is 0 Å². The molecule has 6 N–H and O–H groups in total. The molecule has 0 aromatic heterocycles. The molecule has 0 spiro atoms. The van der Waals surface area contributed by atoms with Crippen molar-refractivity contribution in [3.63, 3.8) is 0 Å². The quantitative estimate of drug-likeness (QED) is 0.150. The molecule has 0 aliphatic carbocycles. The van der Waals surface area contributed by atoms with Crippen LogP contribution in [0.25, 0.3) is 0 Å². The molecule has 0 unspecified atom stereocenters. The van der Waals surface area contributed by atoms with Crippen molar-refractivity contribution in [2.45, 2.75) is 0 Å². The molecule has 106 valence electrons. The topological polar surface area (TPSA) is 224 Å². The molecule has 0 rings (SSSR count). The normalized spacial score (nSPS) is 9.67. The van der Waals surface area contributed by atoms with Crippen LogP contribution in [0.1, 0.15) is 0 Å². The molecule has 12 nitrogen and oxygen atoms in total. The molecule has 0 aromatic carbocycles. The predicted molar refractivity (Wildman–Crippen MR) is 42.5 cm³/mol. The van der Waals surface area contributed by atoms with Gasteiger partial charge in [0.2, 0.25) is 0 Å². The van der Waals surface area contributed by atoms with Gasteiger partial charge in [-0.15, -0.1) is 0 Å². The van der Waals surface area contributed by atoms with Crippen LogP contribution >= 0.6 is 0 Å². The molecule has 0 aliphatic heterocycles. The molecule has 0 heterocycles. The molecule has 18 heteroatoms. The first kappa shape index (κ1) is 37.7. The third-order valence-corrected chi connectivity index (χ3v) is 0. The van der Waals surface area contributed by atoms with Gasteiger partial charge in [0.25, 0.3) is 0 Å². The van der Waals surface area contributed by atoms with E-state index in [9.17, 15) is 0 Å². The van der Waals surface area contributed by atoms with Gasteiger partial charge >= 0.3 is 31.2 Å². The third-order valence-electron chi connectivity index (χ3n) is 0. The van der Waals surface area contributed by atoms with Gasteiger partial charge in [-0.05, 0) is 0 Å². The number of hydrogen-bond donors (Lipinski definition) is 6. The molecule has 0 aromatic rings. The fourth-order valence-corrected chi connectivity index (χ4v) is 0.